The number of nitrogens with one attached hydrogen (secondary N) is 2. The van der Waals surface area contributed by atoms with Gasteiger partial charge in [0.05, 0.1) is 35.2 Å². The molecule has 2 aromatic heterocycles. The lowest BCUT2D eigenvalue weighted by atomic mass is 9.98. The fraction of sp³-hybridized carbons (Fsp3) is 0.355. The number of imidazole rings is 1. The van der Waals surface area contributed by atoms with Gasteiger partial charge in [-0.25, -0.2) is 14.3 Å². The number of fused-ring (bicyclic) bond motifs is 1. The Morgan fingerprint density at radius 1 is 1.12 bits per heavy atom. The van der Waals surface area contributed by atoms with Crippen molar-refractivity contribution in [2.45, 2.75) is 26.2 Å². The molecular weight excluding hydrogens is 532 g/mol. The molecule has 0 aliphatic rings. The highest BCUT2D eigenvalue weighted by atomic mass is 16.5. The molecule has 0 aliphatic carbocycles. The van der Waals surface area contributed by atoms with Gasteiger partial charge in [-0.15, -0.1) is 0 Å². The van der Waals surface area contributed by atoms with E-state index >= 15 is 0 Å². The van der Waals surface area contributed by atoms with Crippen molar-refractivity contribution < 1.29 is 9.53 Å². The van der Waals surface area contributed by atoms with Crippen LogP contribution in [0.2, 0.25) is 0 Å². The van der Waals surface area contributed by atoms with E-state index in [4.69, 9.17) is 4.74 Å². The van der Waals surface area contributed by atoms with Gasteiger partial charge in [0.25, 0.3) is 0 Å². The summed E-state index contributed by atoms with van der Waals surface area (Å²) in [6, 6.07) is 11.4. The highest BCUT2D eigenvalue weighted by molar-refractivity contribution is 6.02. The minimum absolute atomic E-state index is 0.201. The van der Waals surface area contributed by atoms with Crippen LogP contribution in [0.1, 0.15) is 31.7 Å². The van der Waals surface area contributed by atoms with Gasteiger partial charge >= 0.3 is 5.69 Å². The van der Waals surface area contributed by atoms with Crippen LogP contribution in [0.15, 0.2) is 60.0 Å². The van der Waals surface area contributed by atoms with Gasteiger partial charge in [-0.05, 0) is 56.3 Å². The number of amides is 1. The number of rotatable bonds is 12. The van der Waals surface area contributed by atoms with Crippen molar-refractivity contribution >= 4 is 40.0 Å². The third-order valence-electron chi connectivity index (χ3n) is 7.43. The number of carbonyl (C=O) groups excluding carboxylic acids is 1. The lowest BCUT2D eigenvalue weighted by molar-refractivity contribution is -0.111. The van der Waals surface area contributed by atoms with Gasteiger partial charge in [0.1, 0.15) is 11.6 Å². The molecule has 2 N–H and O–H groups in total. The summed E-state index contributed by atoms with van der Waals surface area (Å²) >= 11 is 0. The van der Waals surface area contributed by atoms with Crippen LogP contribution < -0.4 is 26.0 Å². The zero-order valence-corrected chi connectivity index (χ0v) is 25.4. The zero-order chi connectivity index (χ0) is 30.6. The Morgan fingerprint density at radius 3 is 2.55 bits per heavy atom. The molecule has 0 bridgehead atoms. The van der Waals surface area contributed by atoms with Gasteiger partial charge in [-0.1, -0.05) is 26.5 Å². The van der Waals surface area contributed by atoms with Crippen molar-refractivity contribution in [2.75, 3.05) is 56.9 Å². The Labute approximate surface area is 246 Å². The van der Waals surface area contributed by atoms with Crippen LogP contribution in [0, 0.1) is 0 Å². The van der Waals surface area contributed by atoms with E-state index < -0.39 is 0 Å². The first-order valence-electron chi connectivity index (χ1n) is 13.9. The molecule has 0 aliphatic heterocycles. The number of carbonyl (C=O) groups is 1. The first kappa shape index (κ1) is 30.3. The number of aryl methyl sites for hydroxylation is 1. The molecule has 0 spiro atoms. The average molecular weight is 573 g/mol. The number of benzene rings is 2. The van der Waals surface area contributed by atoms with Crippen molar-refractivity contribution in [3.8, 4) is 11.6 Å². The van der Waals surface area contributed by atoms with Crippen molar-refractivity contribution in [1.82, 2.24) is 24.0 Å². The molecule has 222 valence electrons. The topological polar surface area (TPSA) is 110 Å². The molecule has 0 radical (unpaired) electrons. The maximum atomic E-state index is 13.4. The molecular formula is C31H40N8O3. The van der Waals surface area contributed by atoms with Crippen molar-refractivity contribution in [2.24, 2.45) is 7.05 Å². The normalized spacial score (nSPS) is 11.9. The predicted molar refractivity (Wildman–Crippen MR) is 170 cm³/mol. The molecule has 1 atom stereocenters. The molecule has 11 nitrogen and oxygen atoms in total. The summed E-state index contributed by atoms with van der Waals surface area (Å²) in [7, 11) is 9.31. The van der Waals surface area contributed by atoms with E-state index in [0.717, 1.165) is 36.2 Å². The van der Waals surface area contributed by atoms with E-state index in [1.165, 1.54) is 11.6 Å². The third-order valence-corrected chi connectivity index (χ3v) is 7.43. The average Bonchev–Trinajstić information content (AvgIpc) is 3.24. The summed E-state index contributed by atoms with van der Waals surface area (Å²) in [5.74, 6) is 1.28. The molecule has 11 heteroatoms. The Kier molecular flexibility index (Phi) is 9.31. The SMILES string of the molecule is C=CC(=O)Nc1cc(Nc2nccc(-n3c(=O)n(C)c4cc(C(C)CC)ccc43)n2)c(OC)cc1N(C)CCN(C)C. The molecule has 1 amide bonds. The van der Waals surface area contributed by atoms with Crippen LogP contribution in [-0.2, 0) is 11.8 Å². The Morgan fingerprint density at radius 2 is 1.88 bits per heavy atom. The first-order chi connectivity index (χ1) is 20.1. The molecule has 2 aromatic carbocycles. The van der Waals surface area contributed by atoms with Crippen LogP contribution >= 0.6 is 0 Å². The number of methoxy groups -OCH3 is 1. The summed E-state index contributed by atoms with van der Waals surface area (Å²) < 4.78 is 8.93. The molecule has 4 rings (SSSR count). The van der Waals surface area contributed by atoms with E-state index in [2.05, 4.69) is 58.1 Å². The zero-order valence-electron chi connectivity index (χ0n) is 25.4. The minimum atomic E-state index is -0.335. The predicted octanol–water partition coefficient (Wildman–Crippen LogP) is 4.51. The molecule has 0 saturated heterocycles. The summed E-state index contributed by atoms with van der Waals surface area (Å²) in [6.07, 6.45) is 3.83. The van der Waals surface area contributed by atoms with Crippen molar-refractivity contribution in [1.29, 1.82) is 0 Å². The van der Waals surface area contributed by atoms with Gasteiger partial charge in [-0.2, -0.15) is 4.98 Å². The monoisotopic (exact) mass is 572 g/mol. The van der Waals surface area contributed by atoms with Gasteiger partial charge < -0.3 is 25.2 Å². The Hall–Kier alpha value is -4.64. The fourth-order valence-corrected chi connectivity index (χ4v) is 4.68. The largest absolute Gasteiger partial charge is 0.494 e. The van der Waals surface area contributed by atoms with Crippen LogP contribution in [0.5, 0.6) is 5.75 Å². The van der Waals surface area contributed by atoms with Gasteiger partial charge in [0.15, 0.2) is 0 Å². The lowest BCUT2D eigenvalue weighted by Crippen LogP contribution is -2.29. The summed E-state index contributed by atoms with van der Waals surface area (Å²) in [4.78, 5) is 38.8. The van der Waals surface area contributed by atoms with E-state index in [9.17, 15) is 9.59 Å². The molecule has 2 heterocycles. The highest BCUT2D eigenvalue weighted by Crippen LogP contribution is 2.38. The maximum absolute atomic E-state index is 13.4. The van der Waals surface area contributed by atoms with Gasteiger partial charge in [0, 0.05) is 45.5 Å². The molecule has 0 saturated carbocycles. The van der Waals surface area contributed by atoms with Crippen LogP contribution in [0.4, 0.5) is 23.0 Å². The van der Waals surface area contributed by atoms with Gasteiger partial charge in [0.2, 0.25) is 11.9 Å². The summed E-state index contributed by atoms with van der Waals surface area (Å²) in [6.45, 7) is 9.45. The second-order valence-corrected chi connectivity index (χ2v) is 10.6. The Bertz CT molecular complexity index is 1660. The molecule has 1 unspecified atom stereocenters. The van der Waals surface area contributed by atoms with Gasteiger partial charge in [-0.3, -0.25) is 9.36 Å². The van der Waals surface area contributed by atoms with Crippen LogP contribution in [-0.4, -0.2) is 71.3 Å². The Balaban J connectivity index is 1.74. The number of hydrogen-bond donors (Lipinski definition) is 2. The van der Waals surface area contributed by atoms with Crippen molar-refractivity contribution in [3.05, 3.63) is 71.3 Å². The number of ether oxygens (including phenoxy) is 1. The van der Waals surface area contributed by atoms with Crippen LogP contribution in [0.25, 0.3) is 16.9 Å². The van der Waals surface area contributed by atoms with Crippen molar-refractivity contribution in [3.63, 3.8) is 0 Å². The van der Waals surface area contributed by atoms with E-state index in [0.29, 0.717) is 28.9 Å². The first-order valence-corrected chi connectivity index (χ1v) is 13.9. The standard InChI is InChI=1S/C31H40N8O3/c1-9-20(3)21-11-12-24-26(17-21)38(7)31(41)39(24)28-13-14-32-30(35-28)34-23-18-22(33-29(40)10-2)25(19-27(23)42-8)37(6)16-15-36(4)5/h10-14,17-20H,2,9,15-16H2,1,3-8H3,(H,33,40)(H,32,34,35). The molecule has 42 heavy (non-hydrogen) atoms. The van der Waals surface area contributed by atoms with E-state index in [-0.39, 0.29) is 17.5 Å². The smallest absolute Gasteiger partial charge is 0.334 e. The number of nitrogens with zero attached hydrogens (tertiary/aromatic N) is 6. The number of aromatic nitrogens is 4. The minimum Gasteiger partial charge on any atom is -0.494 e. The number of likely N-dealkylation sites (N-methyl/N-ethyl adjacent to an activating group) is 2. The van der Waals surface area contributed by atoms with E-state index in [1.807, 2.05) is 38.2 Å². The van der Waals surface area contributed by atoms with E-state index in [1.54, 1.807) is 41.6 Å². The second kappa shape index (κ2) is 12.9. The van der Waals surface area contributed by atoms with Crippen LogP contribution in [0.3, 0.4) is 0 Å². The number of hydrogen-bond acceptors (Lipinski definition) is 8. The summed E-state index contributed by atoms with van der Waals surface area (Å²) in [5.41, 5.74) is 4.48. The second-order valence-electron chi connectivity index (χ2n) is 10.6. The quantitative estimate of drug-likeness (QED) is 0.239. The third kappa shape index (κ3) is 6.31. The maximum Gasteiger partial charge on any atom is 0.334 e. The number of anilines is 4. The summed E-state index contributed by atoms with van der Waals surface area (Å²) in [5, 5.41) is 6.11. The molecule has 0 fully saturated rings. The molecule has 4 aromatic rings. The highest BCUT2D eigenvalue weighted by Gasteiger charge is 2.18. The fourth-order valence-electron chi connectivity index (χ4n) is 4.68. The lowest BCUT2D eigenvalue weighted by Gasteiger charge is -2.26.